The SMILES string of the molecule is Oc1cccc(CNOCc2ccccc2)c1O. The third kappa shape index (κ3) is 3.23. The van der Waals surface area contributed by atoms with Gasteiger partial charge in [0.05, 0.1) is 6.61 Å². The number of benzene rings is 2. The average molecular weight is 245 g/mol. The summed E-state index contributed by atoms with van der Waals surface area (Å²) in [5.74, 6) is -0.245. The molecule has 94 valence electrons. The number of aromatic hydroxyl groups is 2. The number of hydrogen-bond donors (Lipinski definition) is 3. The third-order valence-electron chi connectivity index (χ3n) is 2.54. The zero-order chi connectivity index (χ0) is 12.8. The van der Waals surface area contributed by atoms with Crippen LogP contribution in [0.5, 0.6) is 11.5 Å². The zero-order valence-corrected chi connectivity index (χ0v) is 9.84. The molecule has 0 saturated heterocycles. The molecule has 0 aliphatic heterocycles. The van der Waals surface area contributed by atoms with Gasteiger partial charge in [0.25, 0.3) is 0 Å². The lowest BCUT2D eigenvalue weighted by Crippen LogP contribution is -2.13. The van der Waals surface area contributed by atoms with E-state index in [4.69, 9.17) is 4.84 Å². The van der Waals surface area contributed by atoms with Crippen LogP contribution in [-0.2, 0) is 18.0 Å². The highest BCUT2D eigenvalue weighted by atomic mass is 16.6. The van der Waals surface area contributed by atoms with Gasteiger partial charge in [0, 0.05) is 12.1 Å². The van der Waals surface area contributed by atoms with E-state index < -0.39 is 0 Å². The molecule has 4 nitrogen and oxygen atoms in total. The van der Waals surface area contributed by atoms with Crippen molar-refractivity contribution in [2.75, 3.05) is 0 Å². The van der Waals surface area contributed by atoms with Crippen molar-refractivity contribution in [2.45, 2.75) is 13.2 Å². The zero-order valence-electron chi connectivity index (χ0n) is 9.84. The van der Waals surface area contributed by atoms with Gasteiger partial charge in [0.15, 0.2) is 11.5 Å². The first-order valence-corrected chi connectivity index (χ1v) is 5.66. The van der Waals surface area contributed by atoms with Crippen LogP contribution in [0.15, 0.2) is 48.5 Å². The van der Waals surface area contributed by atoms with Crippen molar-refractivity contribution in [1.29, 1.82) is 0 Å². The quantitative estimate of drug-likeness (QED) is 0.430. The first kappa shape index (κ1) is 12.4. The lowest BCUT2D eigenvalue weighted by molar-refractivity contribution is 0.0231. The minimum absolute atomic E-state index is 0.117. The molecule has 2 rings (SSSR count). The van der Waals surface area contributed by atoms with Crippen LogP contribution in [0.25, 0.3) is 0 Å². The average Bonchev–Trinajstić information content (AvgIpc) is 2.40. The summed E-state index contributed by atoms with van der Waals surface area (Å²) in [6, 6.07) is 14.6. The van der Waals surface area contributed by atoms with Crippen molar-refractivity contribution in [3.8, 4) is 11.5 Å². The van der Waals surface area contributed by atoms with Crippen LogP contribution in [0.4, 0.5) is 0 Å². The first-order valence-electron chi connectivity index (χ1n) is 5.66. The molecule has 2 aromatic carbocycles. The summed E-state index contributed by atoms with van der Waals surface area (Å²) in [7, 11) is 0. The summed E-state index contributed by atoms with van der Waals surface area (Å²) >= 11 is 0. The van der Waals surface area contributed by atoms with Gasteiger partial charge in [-0.1, -0.05) is 42.5 Å². The number of rotatable bonds is 5. The molecule has 0 aromatic heterocycles. The molecule has 0 bridgehead atoms. The smallest absolute Gasteiger partial charge is 0.162 e. The lowest BCUT2D eigenvalue weighted by Gasteiger charge is -2.08. The van der Waals surface area contributed by atoms with Crippen LogP contribution in [0, 0.1) is 0 Å². The lowest BCUT2D eigenvalue weighted by atomic mass is 10.2. The summed E-state index contributed by atoms with van der Waals surface area (Å²) in [5, 5.41) is 18.9. The fourth-order valence-corrected chi connectivity index (χ4v) is 1.56. The summed E-state index contributed by atoms with van der Waals surface area (Å²) in [6.07, 6.45) is 0. The van der Waals surface area contributed by atoms with Crippen molar-refractivity contribution >= 4 is 0 Å². The van der Waals surface area contributed by atoms with Crippen molar-refractivity contribution in [3.05, 3.63) is 59.7 Å². The fraction of sp³-hybridized carbons (Fsp3) is 0.143. The van der Waals surface area contributed by atoms with Gasteiger partial charge < -0.3 is 10.2 Å². The van der Waals surface area contributed by atoms with E-state index in [-0.39, 0.29) is 11.5 Å². The second-order valence-corrected chi connectivity index (χ2v) is 3.88. The van der Waals surface area contributed by atoms with E-state index in [0.717, 1.165) is 5.56 Å². The number of para-hydroxylation sites is 1. The molecule has 0 aliphatic carbocycles. The maximum Gasteiger partial charge on any atom is 0.162 e. The van der Waals surface area contributed by atoms with E-state index in [9.17, 15) is 10.2 Å². The molecule has 0 amide bonds. The summed E-state index contributed by atoms with van der Waals surface area (Å²) in [6.45, 7) is 0.771. The maximum atomic E-state index is 9.57. The largest absolute Gasteiger partial charge is 0.504 e. The van der Waals surface area contributed by atoms with Crippen LogP contribution >= 0.6 is 0 Å². The molecule has 2 aromatic rings. The van der Waals surface area contributed by atoms with Crippen LogP contribution < -0.4 is 5.48 Å². The number of nitrogens with one attached hydrogen (secondary N) is 1. The minimum Gasteiger partial charge on any atom is -0.504 e. The molecular formula is C14H15NO3. The van der Waals surface area contributed by atoms with E-state index in [1.54, 1.807) is 12.1 Å². The minimum atomic E-state index is -0.127. The third-order valence-corrected chi connectivity index (χ3v) is 2.54. The van der Waals surface area contributed by atoms with Crippen molar-refractivity contribution in [2.24, 2.45) is 0 Å². The summed E-state index contributed by atoms with van der Waals surface area (Å²) in [5.41, 5.74) is 4.39. The Morgan fingerprint density at radius 1 is 0.944 bits per heavy atom. The molecule has 18 heavy (non-hydrogen) atoms. The Hall–Kier alpha value is -2.04. The molecule has 0 atom stereocenters. The maximum absolute atomic E-state index is 9.57. The summed E-state index contributed by atoms with van der Waals surface area (Å²) < 4.78 is 0. The number of hydrogen-bond acceptors (Lipinski definition) is 4. The van der Waals surface area contributed by atoms with Crippen LogP contribution in [-0.4, -0.2) is 10.2 Å². The highest BCUT2D eigenvalue weighted by molar-refractivity contribution is 5.44. The standard InChI is InChI=1S/C14H15NO3/c16-13-8-4-7-12(14(13)17)9-15-18-10-11-5-2-1-3-6-11/h1-8,15-17H,9-10H2. The van der Waals surface area contributed by atoms with Crippen LogP contribution in [0.1, 0.15) is 11.1 Å². The Kier molecular flexibility index (Phi) is 4.17. The van der Waals surface area contributed by atoms with Gasteiger partial charge in [-0.05, 0) is 11.6 Å². The van der Waals surface area contributed by atoms with Gasteiger partial charge in [-0.3, -0.25) is 4.84 Å². The van der Waals surface area contributed by atoms with Crippen molar-refractivity contribution in [3.63, 3.8) is 0 Å². The Morgan fingerprint density at radius 3 is 2.50 bits per heavy atom. The van der Waals surface area contributed by atoms with Gasteiger partial charge in [-0.25, -0.2) is 0 Å². The van der Waals surface area contributed by atoms with Gasteiger partial charge >= 0.3 is 0 Å². The Bertz CT molecular complexity index is 500. The highest BCUT2D eigenvalue weighted by Gasteiger charge is 2.04. The number of phenolic OH excluding ortho intramolecular Hbond substituents is 2. The van der Waals surface area contributed by atoms with Gasteiger partial charge in [0.2, 0.25) is 0 Å². The summed E-state index contributed by atoms with van der Waals surface area (Å²) in [4.78, 5) is 5.28. The first-order chi connectivity index (χ1) is 8.77. The number of phenols is 2. The second-order valence-electron chi connectivity index (χ2n) is 3.88. The molecule has 0 spiro atoms. The number of hydroxylamine groups is 1. The Morgan fingerprint density at radius 2 is 1.72 bits per heavy atom. The molecule has 0 heterocycles. The van der Waals surface area contributed by atoms with E-state index >= 15 is 0 Å². The van der Waals surface area contributed by atoms with Crippen molar-refractivity contribution < 1.29 is 15.1 Å². The predicted octanol–water partition coefficient (Wildman–Crippen LogP) is 2.32. The van der Waals surface area contributed by atoms with Gasteiger partial charge in [0.1, 0.15) is 0 Å². The van der Waals surface area contributed by atoms with E-state index in [0.29, 0.717) is 18.7 Å². The molecular weight excluding hydrogens is 230 g/mol. The topological polar surface area (TPSA) is 61.7 Å². The van der Waals surface area contributed by atoms with Crippen LogP contribution in [0.3, 0.4) is 0 Å². The molecule has 0 fully saturated rings. The van der Waals surface area contributed by atoms with Crippen LogP contribution in [0.2, 0.25) is 0 Å². The van der Waals surface area contributed by atoms with Crippen molar-refractivity contribution in [1.82, 2.24) is 5.48 Å². The molecule has 3 N–H and O–H groups in total. The van der Waals surface area contributed by atoms with E-state index in [1.165, 1.54) is 6.07 Å². The van der Waals surface area contributed by atoms with Gasteiger partial charge in [-0.2, -0.15) is 5.48 Å². The van der Waals surface area contributed by atoms with E-state index in [2.05, 4.69) is 5.48 Å². The molecule has 0 aliphatic rings. The second kappa shape index (κ2) is 6.05. The Labute approximate surface area is 105 Å². The normalized spacial score (nSPS) is 10.4. The molecule has 0 unspecified atom stereocenters. The highest BCUT2D eigenvalue weighted by Crippen LogP contribution is 2.27. The Balaban J connectivity index is 1.81. The monoisotopic (exact) mass is 245 g/mol. The molecule has 4 heteroatoms. The molecule has 0 saturated carbocycles. The molecule has 0 radical (unpaired) electrons. The van der Waals surface area contributed by atoms with E-state index in [1.807, 2.05) is 30.3 Å². The predicted molar refractivity (Wildman–Crippen MR) is 67.8 cm³/mol. The van der Waals surface area contributed by atoms with Gasteiger partial charge in [-0.15, -0.1) is 0 Å². The fourth-order valence-electron chi connectivity index (χ4n) is 1.56.